The molecule has 1 atom stereocenters. The van der Waals surface area contributed by atoms with Gasteiger partial charge in [0, 0.05) is 11.8 Å². The first-order valence-electron chi connectivity index (χ1n) is 7.75. The first kappa shape index (κ1) is 15.6. The van der Waals surface area contributed by atoms with Gasteiger partial charge in [0.15, 0.2) is 0 Å². The van der Waals surface area contributed by atoms with Gasteiger partial charge in [-0.05, 0) is 32.1 Å². The molecule has 1 aromatic heterocycles. The zero-order chi connectivity index (χ0) is 16.1. The van der Waals surface area contributed by atoms with Crippen molar-refractivity contribution < 1.29 is 4.79 Å². The van der Waals surface area contributed by atoms with Crippen molar-refractivity contribution in [2.24, 2.45) is 11.0 Å². The van der Waals surface area contributed by atoms with Crippen molar-refractivity contribution in [2.45, 2.75) is 26.2 Å². The van der Waals surface area contributed by atoms with Crippen molar-refractivity contribution in [3.8, 4) is 10.6 Å². The van der Waals surface area contributed by atoms with Gasteiger partial charge in [-0.2, -0.15) is 5.10 Å². The molecule has 1 amide bonds. The lowest BCUT2D eigenvalue weighted by Gasteiger charge is -2.11. The van der Waals surface area contributed by atoms with Gasteiger partial charge < -0.3 is 0 Å². The molecule has 1 aliphatic rings. The van der Waals surface area contributed by atoms with Crippen LogP contribution in [0.15, 0.2) is 47.6 Å². The molecule has 0 fully saturated rings. The average molecular weight is 325 g/mol. The number of hydrazone groups is 1. The Bertz CT molecular complexity index is 734. The van der Waals surface area contributed by atoms with E-state index in [-0.39, 0.29) is 5.91 Å². The van der Waals surface area contributed by atoms with Crippen LogP contribution in [-0.2, 0) is 0 Å². The highest BCUT2D eigenvalue weighted by Gasteiger charge is 2.16. The molecule has 1 heterocycles. The summed E-state index contributed by atoms with van der Waals surface area (Å²) >= 11 is 1.40. The zero-order valence-corrected chi connectivity index (χ0v) is 13.8. The standard InChI is InChI=1S/C18H19N3OS/c1-13-16(23-18(20-13)15-10-6-3-7-11-15)17(22)21-19-12-14-8-4-2-5-9-14/h2-4,6-7,10-12,14H,5,8-9H2,1H3,(H,21,22)/b19-12+. The number of nitrogens with one attached hydrogen (secondary N) is 1. The van der Waals surface area contributed by atoms with Gasteiger partial charge in [0.05, 0.1) is 5.69 Å². The first-order valence-corrected chi connectivity index (χ1v) is 8.57. The van der Waals surface area contributed by atoms with Gasteiger partial charge >= 0.3 is 0 Å². The van der Waals surface area contributed by atoms with Gasteiger partial charge in [-0.25, -0.2) is 10.4 Å². The van der Waals surface area contributed by atoms with Crippen LogP contribution in [0.25, 0.3) is 10.6 Å². The van der Waals surface area contributed by atoms with E-state index in [4.69, 9.17) is 0 Å². The molecule has 0 saturated carbocycles. The number of hydrogen-bond donors (Lipinski definition) is 1. The molecule has 1 N–H and O–H groups in total. The number of rotatable bonds is 4. The Morgan fingerprint density at radius 3 is 2.91 bits per heavy atom. The molecule has 2 aromatic rings. The van der Waals surface area contributed by atoms with Crippen molar-refractivity contribution in [3.05, 3.63) is 53.1 Å². The monoisotopic (exact) mass is 325 g/mol. The molecule has 3 rings (SSSR count). The number of aromatic nitrogens is 1. The summed E-state index contributed by atoms with van der Waals surface area (Å²) in [4.78, 5) is 17.4. The second-order valence-electron chi connectivity index (χ2n) is 5.56. The maximum Gasteiger partial charge on any atom is 0.283 e. The molecule has 23 heavy (non-hydrogen) atoms. The van der Waals surface area contributed by atoms with Crippen molar-refractivity contribution in [1.82, 2.24) is 10.4 Å². The molecular formula is C18H19N3OS. The van der Waals surface area contributed by atoms with Crippen LogP contribution < -0.4 is 5.43 Å². The van der Waals surface area contributed by atoms with Gasteiger partial charge in [0.25, 0.3) is 5.91 Å². The highest BCUT2D eigenvalue weighted by atomic mass is 32.1. The minimum atomic E-state index is -0.190. The van der Waals surface area contributed by atoms with Gasteiger partial charge in [-0.15, -0.1) is 11.3 Å². The summed E-state index contributed by atoms with van der Waals surface area (Å²) in [5.41, 5.74) is 4.39. The van der Waals surface area contributed by atoms with Crippen molar-refractivity contribution >= 4 is 23.5 Å². The Morgan fingerprint density at radius 2 is 2.17 bits per heavy atom. The van der Waals surface area contributed by atoms with E-state index >= 15 is 0 Å². The SMILES string of the molecule is Cc1nc(-c2ccccc2)sc1C(=O)N/N=C/C1CC=CCC1. The third-order valence-corrected chi connectivity index (χ3v) is 4.99. The molecule has 0 radical (unpaired) electrons. The lowest BCUT2D eigenvalue weighted by molar-refractivity contribution is 0.0958. The van der Waals surface area contributed by atoms with Crippen LogP contribution in [0.2, 0.25) is 0 Å². The molecular weight excluding hydrogens is 306 g/mol. The van der Waals surface area contributed by atoms with Gasteiger partial charge in [0.1, 0.15) is 9.88 Å². The number of amides is 1. The van der Waals surface area contributed by atoms with E-state index in [1.54, 1.807) is 0 Å². The van der Waals surface area contributed by atoms with E-state index in [2.05, 4.69) is 27.7 Å². The van der Waals surface area contributed by atoms with Crippen LogP contribution in [0.5, 0.6) is 0 Å². The number of benzene rings is 1. The highest BCUT2D eigenvalue weighted by Crippen LogP contribution is 2.27. The Morgan fingerprint density at radius 1 is 1.35 bits per heavy atom. The summed E-state index contributed by atoms with van der Waals surface area (Å²) in [7, 11) is 0. The van der Waals surface area contributed by atoms with Gasteiger partial charge in [-0.3, -0.25) is 4.79 Å². The summed E-state index contributed by atoms with van der Waals surface area (Å²) in [6.45, 7) is 1.85. The zero-order valence-electron chi connectivity index (χ0n) is 13.0. The fourth-order valence-corrected chi connectivity index (χ4v) is 3.48. The topological polar surface area (TPSA) is 54.4 Å². The summed E-state index contributed by atoms with van der Waals surface area (Å²) in [6, 6.07) is 9.89. The number of thiazole rings is 1. The van der Waals surface area contributed by atoms with Crippen LogP contribution in [0.3, 0.4) is 0 Å². The Balaban J connectivity index is 1.67. The van der Waals surface area contributed by atoms with Crippen molar-refractivity contribution in [2.75, 3.05) is 0 Å². The normalized spacial score (nSPS) is 17.5. The minimum absolute atomic E-state index is 0.190. The Kier molecular flexibility index (Phi) is 4.98. The molecule has 5 heteroatoms. The highest BCUT2D eigenvalue weighted by molar-refractivity contribution is 7.17. The number of hydrogen-bond acceptors (Lipinski definition) is 4. The molecule has 0 spiro atoms. The van der Waals surface area contributed by atoms with Gasteiger partial charge in [-0.1, -0.05) is 42.5 Å². The largest absolute Gasteiger partial charge is 0.283 e. The van der Waals surface area contributed by atoms with E-state index in [1.807, 2.05) is 43.5 Å². The Labute approximate surface area is 140 Å². The van der Waals surface area contributed by atoms with Crippen LogP contribution in [-0.4, -0.2) is 17.1 Å². The minimum Gasteiger partial charge on any atom is -0.266 e. The molecule has 1 unspecified atom stereocenters. The maximum atomic E-state index is 12.3. The third kappa shape index (κ3) is 3.93. The maximum absolute atomic E-state index is 12.3. The number of carbonyl (C=O) groups excluding carboxylic acids is 1. The molecule has 4 nitrogen and oxygen atoms in total. The van der Waals surface area contributed by atoms with E-state index in [9.17, 15) is 4.79 Å². The van der Waals surface area contributed by atoms with E-state index < -0.39 is 0 Å². The first-order chi connectivity index (χ1) is 11.2. The summed E-state index contributed by atoms with van der Waals surface area (Å²) in [5, 5.41) is 4.97. The van der Waals surface area contributed by atoms with Crippen LogP contribution in [0, 0.1) is 12.8 Å². The molecule has 0 bridgehead atoms. The lowest BCUT2D eigenvalue weighted by Crippen LogP contribution is -2.18. The Hall–Kier alpha value is -2.27. The number of carbonyl (C=O) groups is 1. The van der Waals surface area contributed by atoms with E-state index in [0.717, 1.165) is 35.5 Å². The molecule has 1 aliphatic carbocycles. The molecule has 1 aromatic carbocycles. The quantitative estimate of drug-likeness (QED) is 0.520. The fourth-order valence-electron chi connectivity index (χ4n) is 2.52. The summed E-state index contributed by atoms with van der Waals surface area (Å²) in [6.07, 6.45) is 9.37. The molecule has 118 valence electrons. The van der Waals surface area contributed by atoms with Crippen LogP contribution in [0.1, 0.15) is 34.6 Å². The molecule has 0 aliphatic heterocycles. The fraction of sp³-hybridized carbons (Fsp3) is 0.278. The second kappa shape index (κ2) is 7.33. The van der Waals surface area contributed by atoms with Gasteiger partial charge in [0.2, 0.25) is 0 Å². The van der Waals surface area contributed by atoms with E-state index in [1.165, 1.54) is 11.3 Å². The number of allylic oxidation sites excluding steroid dienone is 2. The summed E-state index contributed by atoms with van der Waals surface area (Å²) < 4.78 is 0. The van der Waals surface area contributed by atoms with Crippen molar-refractivity contribution in [3.63, 3.8) is 0 Å². The number of aryl methyl sites for hydroxylation is 1. The van der Waals surface area contributed by atoms with Crippen molar-refractivity contribution in [1.29, 1.82) is 0 Å². The molecule has 0 saturated heterocycles. The van der Waals surface area contributed by atoms with Crippen LogP contribution in [0.4, 0.5) is 0 Å². The second-order valence-corrected chi connectivity index (χ2v) is 6.56. The third-order valence-electron chi connectivity index (χ3n) is 3.78. The summed E-state index contributed by atoms with van der Waals surface area (Å²) in [5.74, 6) is 0.229. The number of nitrogens with zero attached hydrogens (tertiary/aromatic N) is 2. The smallest absolute Gasteiger partial charge is 0.266 e. The lowest BCUT2D eigenvalue weighted by atomic mass is 9.96. The predicted molar refractivity (Wildman–Crippen MR) is 94.7 cm³/mol. The van der Waals surface area contributed by atoms with E-state index in [0.29, 0.717) is 10.8 Å². The predicted octanol–water partition coefficient (Wildman–Crippen LogP) is 4.19. The van der Waals surface area contributed by atoms with Crippen LogP contribution >= 0.6 is 11.3 Å². The average Bonchev–Trinajstić information content (AvgIpc) is 2.98.